The van der Waals surface area contributed by atoms with Gasteiger partial charge in [-0.2, -0.15) is 0 Å². The standard InChI is InChI=1S/C46H28N4S2/c1-3-11-29(12-4-1)33-15-9-16-35(27-33)44-48-43(31-13-5-2-6-14-31)49-45(50-44)37-17-10-20-40-42(37)36-26-25-34(28-41(36)51-40)30-21-23-32(24-22-30)46-47-38-18-7-8-19-39(38)52-46/h1-28H. The molecule has 244 valence electrons. The van der Waals surface area contributed by atoms with Gasteiger partial charge in [0.2, 0.25) is 0 Å². The van der Waals surface area contributed by atoms with Crippen molar-refractivity contribution in [3.05, 3.63) is 170 Å². The van der Waals surface area contributed by atoms with Gasteiger partial charge < -0.3 is 0 Å². The van der Waals surface area contributed by atoms with Crippen LogP contribution in [0.15, 0.2) is 170 Å². The van der Waals surface area contributed by atoms with Crippen LogP contribution in [0.4, 0.5) is 0 Å². The van der Waals surface area contributed by atoms with E-state index >= 15 is 0 Å². The van der Waals surface area contributed by atoms with E-state index in [1.54, 1.807) is 22.7 Å². The second-order valence-corrected chi connectivity index (χ2v) is 14.8. The number of thiazole rings is 1. The van der Waals surface area contributed by atoms with E-state index in [4.69, 9.17) is 19.9 Å². The predicted molar refractivity (Wildman–Crippen MR) is 219 cm³/mol. The van der Waals surface area contributed by atoms with Gasteiger partial charge in [-0.1, -0.05) is 140 Å². The van der Waals surface area contributed by atoms with Crippen LogP contribution in [0, 0.1) is 0 Å². The molecule has 4 nitrogen and oxygen atoms in total. The average molecular weight is 701 g/mol. The first kappa shape index (κ1) is 30.5. The summed E-state index contributed by atoms with van der Waals surface area (Å²) in [5.41, 5.74) is 9.71. The van der Waals surface area contributed by atoms with Crippen molar-refractivity contribution in [2.24, 2.45) is 0 Å². The SMILES string of the molecule is c1ccc(-c2cccc(-c3nc(-c4ccccc4)nc(-c4cccc5sc6cc(-c7ccc(-c8nc9ccccc9s8)cc7)ccc6c45)n3)c2)cc1. The maximum Gasteiger partial charge on any atom is 0.164 e. The maximum absolute atomic E-state index is 5.16. The zero-order valence-corrected chi connectivity index (χ0v) is 29.4. The minimum atomic E-state index is 0.648. The van der Waals surface area contributed by atoms with Crippen molar-refractivity contribution in [1.82, 2.24) is 19.9 Å². The third kappa shape index (κ3) is 5.55. The summed E-state index contributed by atoms with van der Waals surface area (Å²) in [5.74, 6) is 1.96. The lowest BCUT2D eigenvalue weighted by molar-refractivity contribution is 1.08. The van der Waals surface area contributed by atoms with Gasteiger partial charge in [-0.15, -0.1) is 22.7 Å². The molecule has 0 radical (unpaired) electrons. The van der Waals surface area contributed by atoms with E-state index in [1.807, 2.05) is 30.3 Å². The van der Waals surface area contributed by atoms with Crippen LogP contribution in [-0.4, -0.2) is 19.9 Å². The fourth-order valence-corrected chi connectivity index (χ4v) is 8.95. The molecule has 0 amide bonds. The normalized spacial score (nSPS) is 11.5. The van der Waals surface area contributed by atoms with E-state index < -0.39 is 0 Å². The number of fused-ring (bicyclic) bond motifs is 4. The molecule has 0 aliphatic rings. The van der Waals surface area contributed by atoms with Gasteiger partial charge in [0.25, 0.3) is 0 Å². The predicted octanol–water partition coefficient (Wildman–Crippen LogP) is 12.9. The highest BCUT2D eigenvalue weighted by molar-refractivity contribution is 7.26. The van der Waals surface area contributed by atoms with Crippen molar-refractivity contribution in [2.75, 3.05) is 0 Å². The molecule has 0 bridgehead atoms. The first-order valence-electron chi connectivity index (χ1n) is 17.1. The molecule has 0 unspecified atom stereocenters. The molecule has 0 N–H and O–H groups in total. The lowest BCUT2D eigenvalue weighted by Crippen LogP contribution is -2.00. The molecule has 0 aliphatic heterocycles. The molecule has 3 heterocycles. The molecular weight excluding hydrogens is 673 g/mol. The summed E-state index contributed by atoms with van der Waals surface area (Å²) in [6.07, 6.45) is 0. The monoisotopic (exact) mass is 700 g/mol. The Hall–Kier alpha value is -6.34. The van der Waals surface area contributed by atoms with Crippen molar-refractivity contribution < 1.29 is 0 Å². The molecule has 0 aliphatic carbocycles. The van der Waals surface area contributed by atoms with Crippen molar-refractivity contribution in [3.8, 4) is 67.0 Å². The molecule has 10 aromatic rings. The van der Waals surface area contributed by atoms with E-state index in [1.165, 1.54) is 30.6 Å². The number of benzene rings is 7. The van der Waals surface area contributed by atoms with E-state index in [0.717, 1.165) is 49.3 Å². The summed E-state index contributed by atoms with van der Waals surface area (Å²) in [5, 5.41) is 3.40. The van der Waals surface area contributed by atoms with Crippen LogP contribution < -0.4 is 0 Å². The first-order valence-corrected chi connectivity index (χ1v) is 18.8. The second-order valence-electron chi connectivity index (χ2n) is 12.7. The van der Waals surface area contributed by atoms with Crippen LogP contribution in [0.2, 0.25) is 0 Å². The minimum absolute atomic E-state index is 0.648. The number of hydrogen-bond acceptors (Lipinski definition) is 6. The maximum atomic E-state index is 5.16. The molecule has 52 heavy (non-hydrogen) atoms. The van der Waals surface area contributed by atoms with Gasteiger partial charge in [0.1, 0.15) is 5.01 Å². The zero-order valence-electron chi connectivity index (χ0n) is 27.8. The number of hydrogen-bond donors (Lipinski definition) is 0. The van der Waals surface area contributed by atoms with Crippen LogP contribution in [0.3, 0.4) is 0 Å². The Bertz CT molecular complexity index is 2860. The summed E-state index contributed by atoms with van der Waals surface area (Å²) in [4.78, 5) is 20.1. The van der Waals surface area contributed by atoms with Crippen LogP contribution in [0.25, 0.3) is 97.4 Å². The topological polar surface area (TPSA) is 51.6 Å². The minimum Gasteiger partial charge on any atom is -0.236 e. The lowest BCUT2D eigenvalue weighted by Gasteiger charge is -2.10. The van der Waals surface area contributed by atoms with Gasteiger partial charge >= 0.3 is 0 Å². The Morgan fingerprint density at radius 3 is 1.71 bits per heavy atom. The van der Waals surface area contributed by atoms with Crippen LogP contribution in [0.1, 0.15) is 0 Å². The fraction of sp³-hybridized carbons (Fsp3) is 0. The van der Waals surface area contributed by atoms with Gasteiger partial charge in [0, 0.05) is 42.4 Å². The van der Waals surface area contributed by atoms with E-state index in [2.05, 4.69) is 140 Å². The molecule has 0 saturated carbocycles. The third-order valence-electron chi connectivity index (χ3n) is 9.39. The number of para-hydroxylation sites is 1. The van der Waals surface area contributed by atoms with Crippen LogP contribution in [-0.2, 0) is 0 Å². The summed E-state index contributed by atoms with van der Waals surface area (Å²) in [6.45, 7) is 0. The smallest absolute Gasteiger partial charge is 0.164 e. The Morgan fingerprint density at radius 2 is 0.904 bits per heavy atom. The molecule has 3 aromatic heterocycles. The second kappa shape index (κ2) is 12.8. The Kier molecular flexibility index (Phi) is 7.48. The summed E-state index contributed by atoms with van der Waals surface area (Å²) < 4.78 is 3.63. The van der Waals surface area contributed by atoms with Gasteiger partial charge in [0.05, 0.1) is 10.2 Å². The number of thiophene rings is 1. The van der Waals surface area contributed by atoms with E-state index in [9.17, 15) is 0 Å². The fourth-order valence-electron chi connectivity index (χ4n) is 6.80. The highest BCUT2D eigenvalue weighted by atomic mass is 32.1. The van der Waals surface area contributed by atoms with Gasteiger partial charge in [-0.25, -0.2) is 19.9 Å². The van der Waals surface area contributed by atoms with Gasteiger partial charge in [-0.05, 0) is 52.6 Å². The van der Waals surface area contributed by atoms with Crippen molar-refractivity contribution >= 4 is 53.1 Å². The molecule has 7 aromatic carbocycles. The third-order valence-corrected chi connectivity index (χ3v) is 11.6. The highest BCUT2D eigenvalue weighted by Crippen LogP contribution is 2.42. The van der Waals surface area contributed by atoms with Crippen molar-refractivity contribution in [3.63, 3.8) is 0 Å². The largest absolute Gasteiger partial charge is 0.236 e. The van der Waals surface area contributed by atoms with E-state index in [-0.39, 0.29) is 0 Å². The van der Waals surface area contributed by atoms with Crippen molar-refractivity contribution in [2.45, 2.75) is 0 Å². The van der Waals surface area contributed by atoms with Gasteiger partial charge in [-0.3, -0.25) is 0 Å². The molecule has 10 rings (SSSR count). The molecular formula is C46H28N4S2. The quantitative estimate of drug-likeness (QED) is 0.173. The Labute approximate surface area is 308 Å². The van der Waals surface area contributed by atoms with Gasteiger partial charge in [0.15, 0.2) is 17.5 Å². The summed E-state index contributed by atoms with van der Waals surface area (Å²) >= 11 is 3.53. The number of aromatic nitrogens is 4. The average Bonchev–Trinajstić information content (AvgIpc) is 3.83. The molecule has 6 heteroatoms. The molecule has 0 saturated heterocycles. The number of nitrogens with zero attached hydrogens (tertiary/aromatic N) is 4. The highest BCUT2D eigenvalue weighted by Gasteiger charge is 2.18. The van der Waals surface area contributed by atoms with Crippen LogP contribution >= 0.6 is 22.7 Å². The summed E-state index contributed by atoms with van der Waals surface area (Å²) in [7, 11) is 0. The molecule has 0 spiro atoms. The molecule has 0 atom stereocenters. The Morgan fingerprint density at radius 1 is 0.327 bits per heavy atom. The summed E-state index contributed by atoms with van der Waals surface area (Å²) in [6, 6.07) is 59.3. The van der Waals surface area contributed by atoms with Crippen molar-refractivity contribution in [1.29, 1.82) is 0 Å². The van der Waals surface area contributed by atoms with E-state index in [0.29, 0.717) is 17.5 Å². The Balaban J connectivity index is 1.06. The first-order chi connectivity index (χ1) is 25.7. The van der Waals surface area contributed by atoms with Crippen LogP contribution in [0.5, 0.6) is 0 Å². The molecule has 0 fully saturated rings. The zero-order chi connectivity index (χ0) is 34.4. The number of rotatable bonds is 6. The lowest BCUT2D eigenvalue weighted by atomic mass is 10.0.